The number of benzene rings is 1. The standard InChI is InChI=1S/C15H17NO4/c1-4-10-7-14(17)16(9-10)12-8-11(15(18)20-3)5-6-13(12)19-2/h4-6,8,10H,1,7,9H2,2-3H3. The van der Waals surface area contributed by atoms with E-state index in [9.17, 15) is 9.59 Å². The summed E-state index contributed by atoms with van der Waals surface area (Å²) in [5.74, 6) is 0.223. The number of hydrogen-bond acceptors (Lipinski definition) is 4. The molecule has 0 bridgehead atoms. The SMILES string of the molecule is C=CC1CC(=O)N(c2cc(C(=O)OC)ccc2OC)C1. The van der Waals surface area contributed by atoms with Gasteiger partial charge in [-0.2, -0.15) is 0 Å². The van der Waals surface area contributed by atoms with Gasteiger partial charge in [0.05, 0.1) is 25.5 Å². The largest absolute Gasteiger partial charge is 0.495 e. The molecule has 5 heteroatoms. The van der Waals surface area contributed by atoms with E-state index in [0.29, 0.717) is 30.0 Å². The van der Waals surface area contributed by atoms with E-state index in [1.165, 1.54) is 14.2 Å². The Morgan fingerprint density at radius 3 is 2.75 bits per heavy atom. The van der Waals surface area contributed by atoms with Gasteiger partial charge in [0, 0.05) is 18.9 Å². The zero-order valence-corrected chi connectivity index (χ0v) is 11.6. The molecule has 106 valence electrons. The lowest BCUT2D eigenvalue weighted by Crippen LogP contribution is -2.25. The van der Waals surface area contributed by atoms with Gasteiger partial charge in [-0.3, -0.25) is 4.79 Å². The van der Waals surface area contributed by atoms with Crippen molar-refractivity contribution in [2.45, 2.75) is 6.42 Å². The average Bonchev–Trinajstić information content (AvgIpc) is 2.86. The highest BCUT2D eigenvalue weighted by Crippen LogP contribution is 2.34. The van der Waals surface area contributed by atoms with Crippen LogP contribution >= 0.6 is 0 Å². The van der Waals surface area contributed by atoms with Crippen molar-refractivity contribution in [1.29, 1.82) is 0 Å². The Bertz CT molecular complexity index is 553. The molecule has 1 heterocycles. The molecule has 0 aliphatic carbocycles. The Hall–Kier alpha value is -2.30. The zero-order chi connectivity index (χ0) is 14.7. The summed E-state index contributed by atoms with van der Waals surface area (Å²) in [7, 11) is 2.85. The van der Waals surface area contributed by atoms with Crippen molar-refractivity contribution in [2.24, 2.45) is 5.92 Å². The molecule has 0 radical (unpaired) electrons. The first-order chi connectivity index (χ1) is 9.60. The maximum absolute atomic E-state index is 12.1. The number of amides is 1. The van der Waals surface area contributed by atoms with Crippen LogP contribution in [0.15, 0.2) is 30.9 Å². The first-order valence-electron chi connectivity index (χ1n) is 6.30. The van der Waals surface area contributed by atoms with E-state index in [0.717, 1.165) is 0 Å². The van der Waals surface area contributed by atoms with Crippen LogP contribution in [0.2, 0.25) is 0 Å². The minimum atomic E-state index is -0.444. The van der Waals surface area contributed by atoms with Gasteiger partial charge in [-0.25, -0.2) is 4.79 Å². The van der Waals surface area contributed by atoms with Gasteiger partial charge in [0.15, 0.2) is 0 Å². The topological polar surface area (TPSA) is 55.8 Å². The van der Waals surface area contributed by atoms with Crippen LogP contribution in [0, 0.1) is 5.92 Å². The molecular formula is C15H17NO4. The van der Waals surface area contributed by atoms with Crippen molar-refractivity contribution >= 4 is 17.6 Å². The Morgan fingerprint density at radius 1 is 1.45 bits per heavy atom. The van der Waals surface area contributed by atoms with Gasteiger partial charge in [0.1, 0.15) is 5.75 Å². The van der Waals surface area contributed by atoms with Crippen molar-refractivity contribution in [3.05, 3.63) is 36.4 Å². The summed E-state index contributed by atoms with van der Waals surface area (Å²) in [6, 6.07) is 4.89. The molecule has 0 N–H and O–H groups in total. The number of carbonyl (C=O) groups excluding carboxylic acids is 2. The number of carbonyl (C=O) groups is 2. The molecule has 1 unspecified atom stereocenters. The van der Waals surface area contributed by atoms with Crippen molar-refractivity contribution in [3.63, 3.8) is 0 Å². The van der Waals surface area contributed by atoms with Gasteiger partial charge >= 0.3 is 5.97 Å². The van der Waals surface area contributed by atoms with Crippen LogP contribution in [0.4, 0.5) is 5.69 Å². The molecule has 0 spiro atoms. The van der Waals surface area contributed by atoms with Crippen LogP contribution < -0.4 is 9.64 Å². The lowest BCUT2D eigenvalue weighted by Gasteiger charge is -2.20. The molecule has 20 heavy (non-hydrogen) atoms. The van der Waals surface area contributed by atoms with Crippen LogP contribution in [0.3, 0.4) is 0 Å². The summed E-state index contributed by atoms with van der Waals surface area (Å²) in [5.41, 5.74) is 0.975. The predicted octanol–water partition coefficient (Wildman–Crippen LogP) is 2.02. The maximum atomic E-state index is 12.1. The lowest BCUT2D eigenvalue weighted by atomic mass is 10.1. The third-order valence-electron chi connectivity index (χ3n) is 3.38. The van der Waals surface area contributed by atoms with E-state index in [4.69, 9.17) is 9.47 Å². The Morgan fingerprint density at radius 2 is 2.20 bits per heavy atom. The number of anilines is 1. The molecular weight excluding hydrogens is 258 g/mol. The molecule has 1 amide bonds. The summed E-state index contributed by atoms with van der Waals surface area (Å²) in [4.78, 5) is 25.3. The molecule has 1 fully saturated rings. The molecule has 1 aromatic carbocycles. The van der Waals surface area contributed by atoms with Gasteiger partial charge < -0.3 is 14.4 Å². The molecule has 1 atom stereocenters. The minimum Gasteiger partial charge on any atom is -0.495 e. The van der Waals surface area contributed by atoms with Gasteiger partial charge in [-0.05, 0) is 18.2 Å². The maximum Gasteiger partial charge on any atom is 0.337 e. The summed E-state index contributed by atoms with van der Waals surface area (Å²) in [6.07, 6.45) is 2.20. The normalized spacial score (nSPS) is 18.0. The average molecular weight is 275 g/mol. The van der Waals surface area contributed by atoms with Crippen LogP contribution in [-0.4, -0.2) is 32.6 Å². The fourth-order valence-corrected chi connectivity index (χ4v) is 2.27. The third-order valence-corrected chi connectivity index (χ3v) is 3.38. The first kappa shape index (κ1) is 14.1. The van der Waals surface area contributed by atoms with Gasteiger partial charge in [0.25, 0.3) is 0 Å². The summed E-state index contributed by atoms with van der Waals surface area (Å²) in [5, 5.41) is 0. The number of nitrogens with zero attached hydrogens (tertiary/aromatic N) is 1. The predicted molar refractivity (Wildman–Crippen MR) is 75.0 cm³/mol. The van der Waals surface area contributed by atoms with Gasteiger partial charge in [0.2, 0.25) is 5.91 Å². The molecule has 1 aromatic rings. The lowest BCUT2D eigenvalue weighted by molar-refractivity contribution is -0.117. The first-order valence-corrected chi connectivity index (χ1v) is 6.30. The van der Waals surface area contributed by atoms with Crippen molar-refractivity contribution in [3.8, 4) is 5.75 Å². The Balaban J connectivity index is 2.40. The highest BCUT2D eigenvalue weighted by Gasteiger charge is 2.31. The van der Waals surface area contributed by atoms with E-state index in [1.807, 2.05) is 0 Å². The van der Waals surface area contributed by atoms with Crippen LogP contribution in [0.1, 0.15) is 16.8 Å². The Labute approximate surface area is 117 Å². The second-order valence-electron chi connectivity index (χ2n) is 4.58. The van der Waals surface area contributed by atoms with E-state index >= 15 is 0 Å². The highest BCUT2D eigenvalue weighted by molar-refractivity contribution is 5.99. The fourth-order valence-electron chi connectivity index (χ4n) is 2.27. The molecule has 1 aliphatic heterocycles. The second-order valence-corrected chi connectivity index (χ2v) is 4.58. The van der Waals surface area contributed by atoms with E-state index in [2.05, 4.69) is 6.58 Å². The van der Waals surface area contributed by atoms with Crippen molar-refractivity contribution < 1.29 is 19.1 Å². The molecule has 0 aromatic heterocycles. The fraction of sp³-hybridized carbons (Fsp3) is 0.333. The number of hydrogen-bond donors (Lipinski definition) is 0. The second kappa shape index (κ2) is 5.77. The highest BCUT2D eigenvalue weighted by atomic mass is 16.5. The number of rotatable bonds is 4. The molecule has 1 aliphatic rings. The quantitative estimate of drug-likeness (QED) is 0.623. The van der Waals surface area contributed by atoms with E-state index in [-0.39, 0.29) is 11.8 Å². The van der Waals surface area contributed by atoms with E-state index < -0.39 is 5.97 Å². The van der Waals surface area contributed by atoms with Gasteiger partial charge in [-0.1, -0.05) is 6.08 Å². The van der Waals surface area contributed by atoms with E-state index in [1.54, 1.807) is 29.2 Å². The smallest absolute Gasteiger partial charge is 0.337 e. The van der Waals surface area contributed by atoms with Crippen LogP contribution in [0.25, 0.3) is 0 Å². The number of esters is 1. The minimum absolute atomic E-state index is 0.00443. The monoisotopic (exact) mass is 275 g/mol. The molecule has 0 saturated carbocycles. The van der Waals surface area contributed by atoms with Crippen LogP contribution in [0.5, 0.6) is 5.75 Å². The Kier molecular flexibility index (Phi) is 4.08. The number of methoxy groups -OCH3 is 2. The zero-order valence-electron chi connectivity index (χ0n) is 11.6. The summed E-state index contributed by atoms with van der Waals surface area (Å²) < 4.78 is 9.97. The third kappa shape index (κ3) is 2.52. The van der Waals surface area contributed by atoms with Crippen LogP contribution in [-0.2, 0) is 9.53 Å². The van der Waals surface area contributed by atoms with Crippen molar-refractivity contribution in [1.82, 2.24) is 0 Å². The molecule has 5 nitrogen and oxygen atoms in total. The molecule has 2 rings (SSSR count). The van der Waals surface area contributed by atoms with Gasteiger partial charge in [-0.15, -0.1) is 6.58 Å². The number of ether oxygens (including phenoxy) is 2. The molecule has 1 saturated heterocycles. The summed E-state index contributed by atoms with van der Waals surface area (Å²) >= 11 is 0. The summed E-state index contributed by atoms with van der Waals surface area (Å²) in [6.45, 7) is 4.27. The van der Waals surface area contributed by atoms with Crippen molar-refractivity contribution in [2.75, 3.05) is 25.7 Å².